The van der Waals surface area contributed by atoms with Crippen LogP contribution in [0.4, 0.5) is 20.4 Å². The van der Waals surface area contributed by atoms with Gasteiger partial charge in [-0.2, -0.15) is 0 Å². The van der Waals surface area contributed by atoms with Crippen LogP contribution in [-0.4, -0.2) is 29.9 Å². The number of rotatable bonds is 2. The number of nitrogen functional groups attached to an aromatic ring is 1. The number of halogens is 2. The van der Waals surface area contributed by atoms with Gasteiger partial charge < -0.3 is 10.3 Å². The molecule has 2 rings (SSSR count). The summed E-state index contributed by atoms with van der Waals surface area (Å²) in [5.41, 5.74) is 1.96. The molecule has 1 aliphatic heterocycles. The first kappa shape index (κ1) is 12.2. The average Bonchev–Trinajstić information content (AvgIpc) is 2.27. The molecule has 1 fully saturated rings. The molecule has 2 heterocycles. The number of aromatic nitrogens is 1. The van der Waals surface area contributed by atoms with Crippen molar-refractivity contribution < 1.29 is 18.4 Å². The fourth-order valence-electron chi connectivity index (χ4n) is 1.57. The summed E-state index contributed by atoms with van der Waals surface area (Å²) in [4.78, 5) is 27.0. The van der Waals surface area contributed by atoms with E-state index in [1.807, 2.05) is 5.43 Å². The Hall–Kier alpha value is -2.29. The van der Waals surface area contributed by atoms with Crippen molar-refractivity contribution in [2.24, 2.45) is 5.84 Å². The predicted octanol–water partition coefficient (Wildman–Crippen LogP) is -0.892. The van der Waals surface area contributed by atoms with Crippen LogP contribution in [-0.2, 0) is 9.59 Å². The zero-order chi connectivity index (χ0) is 13.3. The largest absolute Gasteiger partial charge is 0.335 e. The maximum absolute atomic E-state index is 13.5. The van der Waals surface area contributed by atoms with E-state index >= 15 is 0 Å². The van der Waals surface area contributed by atoms with Crippen molar-refractivity contribution in [3.05, 3.63) is 17.7 Å². The Morgan fingerprint density at radius 3 is 2.44 bits per heavy atom. The van der Waals surface area contributed by atoms with Crippen molar-refractivity contribution in [3.8, 4) is 0 Å². The molecular formula is C9H9F2N5O2. The van der Waals surface area contributed by atoms with Crippen LogP contribution in [0.5, 0.6) is 0 Å². The molecule has 0 unspecified atom stereocenters. The van der Waals surface area contributed by atoms with Crippen LogP contribution in [0.15, 0.2) is 6.07 Å². The number of piperazine rings is 1. The van der Waals surface area contributed by atoms with Crippen LogP contribution in [0.2, 0.25) is 0 Å². The molecule has 9 heteroatoms. The molecule has 18 heavy (non-hydrogen) atoms. The lowest BCUT2D eigenvalue weighted by Crippen LogP contribution is -2.52. The Morgan fingerprint density at radius 2 is 1.89 bits per heavy atom. The number of imide groups is 1. The molecule has 2 amide bonds. The minimum absolute atomic E-state index is 0.245. The zero-order valence-corrected chi connectivity index (χ0v) is 9.04. The van der Waals surface area contributed by atoms with E-state index in [0.717, 1.165) is 4.90 Å². The predicted molar refractivity (Wildman–Crippen MR) is 57.3 cm³/mol. The number of anilines is 2. The van der Waals surface area contributed by atoms with Crippen molar-refractivity contribution in [2.45, 2.75) is 0 Å². The molecule has 0 aliphatic carbocycles. The third-order valence-corrected chi connectivity index (χ3v) is 2.30. The summed E-state index contributed by atoms with van der Waals surface area (Å²) in [5, 5.41) is 2.05. The number of carbonyl (C=O) groups is 2. The number of amides is 2. The number of hydrazine groups is 1. The number of pyridine rings is 1. The summed E-state index contributed by atoms with van der Waals surface area (Å²) in [6, 6.07) is 0.578. The highest BCUT2D eigenvalue weighted by Crippen LogP contribution is 2.22. The Morgan fingerprint density at radius 1 is 1.28 bits per heavy atom. The van der Waals surface area contributed by atoms with E-state index in [2.05, 4.69) is 10.3 Å². The first-order chi connectivity index (χ1) is 8.51. The van der Waals surface area contributed by atoms with E-state index < -0.39 is 23.4 Å². The molecule has 0 atom stereocenters. The number of carbonyl (C=O) groups excluding carboxylic acids is 2. The molecule has 0 radical (unpaired) electrons. The maximum atomic E-state index is 13.5. The van der Waals surface area contributed by atoms with Crippen molar-refractivity contribution in [1.29, 1.82) is 0 Å². The van der Waals surface area contributed by atoms with Gasteiger partial charge in [0.1, 0.15) is 0 Å². The monoisotopic (exact) mass is 257 g/mol. The number of nitrogens with one attached hydrogen (secondary N) is 2. The van der Waals surface area contributed by atoms with Gasteiger partial charge in [0, 0.05) is 6.07 Å². The normalized spacial score (nSPS) is 15.6. The highest BCUT2D eigenvalue weighted by molar-refractivity contribution is 6.02. The third kappa shape index (κ3) is 2.20. The van der Waals surface area contributed by atoms with Crippen molar-refractivity contribution in [1.82, 2.24) is 10.3 Å². The van der Waals surface area contributed by atoms with Crippen LogP contribution in [0.3, 0.4) is 0 Å². The molecule has 0 aromatic carbocycles. The molecule has 96 valence electrons. The van der Waals surface area contributed by atoms with E-state index in [1.54, 1.807) is 0 Å². The Kier molecular flexibility index (Phi) is 3.06. The standard InChI is InChI=1S/C9H9F2N5O2/c10-4-1-5(11)9(14-8(4)15-12)16-2-6(17)13-7(18)3-16/h1H,2-3,12H2,(H,14,15)(H,13,17,18). The van der Waals surface area contributed by atoms with Crippen molar-refractivity contribution in [2.75, 3.05) is 23.4 Å². The molecule has 1 aromatic rings. The molecule has 0 saturated carbocycles. The van der Waals surface area contributed by atoms with Crippen LogP contribution in [0, 0.1) is 11.6 Å². The molecule has 4 N–H and O–H groups in total. The second-order valence-corrected chi connectivity index (χ2v) is 3.60. The first-order valence-corrected chi connectivity index (χ1v) is 4.91. The van der Waals surface area contributed by atoms with Crippen LogP contribution in [0.1, 0.15) is 0 Å². The van der Waals surface area contributed by atoms with Gasteiger partial charge in [-0.15, -0.1) is 0 Å². The quantitative estimate of drug-likeness (QED) is 0.361. The van der Waals surface area contributed by atoms with Crippen LogP contribution in [0.25, 0.3) is 0 Å². The van der Waals surface area contributed by atoms with Crippen LogP contribution < -0.4 is 21.5 Å². The molecule has 0 spiro atoms. The summed E-state index contributed by atoms with van der Waals surface area (Å²) >= 11 is 0. The van der Waals surface area contributed by atoms with Crippen LogP contribution >= 0.6 is 0 Å². The van der Waals surface area contributed by atoms with E-state index in [0.29, 0.717) is 6.07 Å². The van der Waals surface area contributed by atoms with Crippen molar-refractivity contribution >= 4 is 23.5 Å². The second-order valence-electron chi connectivity index (χ2n) is 3.60. The van der Waals surface area contributed by atoms with Gasteiger partial charge in [-0.3, -0.25) is 14.9 Å². The SMILES string of the molecule is NNc1nc(N2CC(=O)NC(=O)C2)c(F)cc1F. The van der Waals surface area contributed by atoms with Gasteiger partial charge in [-0.05, 0) is 0 Å². The van der Waals surface area contributed by atoms with E-state index in [1.165, 1.54) is 0 Å². The molecule has 1 saturated heterocycles. The summed E-state index contributed by atoms with van der Waals surface area (Å²) in [7, 11) is 0. The summed E-state index contributed by atoms with van der Waals surface area (Å²) in [6.45, 7) is -0.489. The minimum Gasteiger partial charge on any atom is -0.335 e. The summed E-state index contributed by atoms with van der Waals surface area (Å²) in [5.74, 6) is 1.22. The van der Waals surface area contributed by atoms with Gasteiger partial charge in [-0.1, -0.05) is 0 Å². The van der Waals surface area contributed by atoms with Gasteiger partial charge in [-0.25, -0.2) is 19.6 Å². The van der Waals surface area contributed by atoms with E-state index in [9.17, 15) is 18.4 Å². The molecular weight excluding hydrogens is 248 g/mol. The Bertz CT molecular complexity index is 506. The minimum atomic E-state index is -0.978. The number of nitrogens with zero attached hydrogens (tertiary/aromatic N) is 2. The third-order valence-electron chi connectivity index (χ3n) is 2.30. The fourth-order valence-corrected chi connectivity index (χ4v) is 1.57. The van der Waals surface area contributed by atoms with Gasteiger partial charge in [0.2, 0.25) is 11.8 Å². The molecule has 7 nitrogen and oxygen atoms in total. The fraction of sp³-hybridized carbons (Fsp3) is 0.222. The summed E-state index contributed by atoms with van der Waals surface area (Å²) < 4.78 is 26.7. The average molecular weight is 257 g/mol. The second kappa shape index (κ2) is 4.53. The Balaban J connectivity index is 2.38. The van der Waals surface area contributed by atoms with E-state index in [4.69, 9.17) is 5.84 Å². The van der Waals surface area contributed by atoms with Crippen molar-refractivity contribution in [3.63, 3.8) is 0 Å². The molecule has 1 aromatic heterocycles. The molecule has 0 bridgehead atoms. The number of nitrogens with two attached hydrogens (primary N) is 1. The van der Waals surface area contributed by atoms with Gasteiger partial charge in [0.25, 0.3) is 0 Å². The number of hydrogen-bond donors (Lipinski definition) is 3. The van der Waals surface area contributed by atoms with Gasteiger partial charge in [0.05, 0.1) is 13.1 Å². The smallest absolute Gasteiger partial charge is 0.246 e. The lowest BCUT2D eigenvalue weighted by atomic mass is 10.3. The highest BCUT2D eigenvalue weighted by Gasteiger charge is 2.26. The lowest BCUT2D eigenvalue weighted by molar-refractivity contribution is -0.130. The zero-order valence-electron chi connectivity index (χ0n) is 9.04. The topological polar surface area (TPSA) is 100 Å². The Labute approximate surface area is 99.9 Å². The highest BCUT2D eigenvalue weighted by atomic mass is 19.1. The maximum Gasteiger partial charge on any atom is 0.246 e. The van der Waals surface area contributed by atoms with Gasteiger partial charge >= 0.3 is 0 Å². The van der Waals surface area contributed by atoms with Gasteiger partial charge in [0.15, 0.2) is 23.3 Å². The number of hydrogen-bond acceptors (Lipinski definition) is 6. The summed E-state index contributed by atoms with van der Waals surface area (Å²) in [6.07, 6.45) is 0. The first-order valence-electron chi connectivity index (χ1n) is 4.91. The molecule has 1 aliphatic rings. The van der Waals surface area contributed by atoms with E-state index in [-0.39, 0.29) is 24.7 Å². The lowest BCUT2D eigenvalue weighted by Gasteiger charge is -2.26.